The van der Waals surface area contributed by atoms with Crippen molar-refractivity contribution in [2.75, 3.05) is 20.6 Å². The van der Waals surface area contributed by atoms with Crippen LogP contribution in [0.15, 0.2) is 36.5 Å². The van der Waals surface area contributed by atoms with Crippen molar-refractivity contribution >= 4 is 5.78 Å². The van der Waals surface area contributed by atoms with Crippen LogP contribution in [0.2, 0.25) is 0 Å². The molecule has 52 heavy (non-hydrogen) atoms. The Balaban J connectivity index is 1.63. The van der Waals surface area contributed by atoms with Gasteiger partial charge in [-0.05, 0) is 103 Å². The summed E-state index contributed by atoms with van der Waals surface area (Å²) in [7, 11) is 4.08. The molecule has 2 unspecified atom stereocenters. The van der Waals surface area contributed by atoms with E-state index in [0.29, 0.717) is 24.5 Å². The fourth-order valence-electron chi connectivity index (χ4n) is 8.21. The van der Waals surface area contributed by atoms with Gasteiger partial charge in [-0.3, -0.25) is 4.79 Å². The number of unbranched alkanes of at least 4 members (excludes halogenated alkanes) is 21. The molecule has 0 amide bonds. The lowest BCUT2D eigenvalue weighted by Gasteiger charge is -2.30. The molecule has 2 fully saturated rings. The number of carbonyl (C=O) groups is 1. The van der Waals surface area contributed by atoms with Crippen LogP contribution in [0.5, 0.6) is 0 Å². The van der Waals surface area contributed by atoms with Crippen molar-refractivity contribution in [3.05, 3.63) is 36.5 Å². The predicted molar refractivity (Wildman–Crippen MR) is 226 cm³/mol. The summed E-state index contributed by atoms with van der Waals surface area (Å²) in [6.07, 6.45) is 54.1. The van der Waals surface area contributed by atoms with Crippen molar-refractivity contribution in [3.8, 4) is 0 Å². The third-order valence-corrected chi connectivity index (χ3v) is 11.5. The third-order valence-electron chi connectivity index (χ3n) is 11.5. The number of rotatable bonds is 36. The summed E-state index contributed by atoms with van der Waals surface area (Å²) >= 11 is 0. The normalized spacial score (nSPS) is 21.9. The fourth-order valence-corrected chi connectivity index (χ4v) is 8.21. The van der Waals surface area contributed by atoms with Crippen molar-refractivity contribution in [2.24, 2.45) is 5.92 Å². The molecule has 4 heteroatoms. The molecule has 4 nitrogen and oxygen atoms in total. The lowest BCUT2D eigenvalue weighted by Crippen LogP contribution is -2.32. The van der Waals surface area contributed by atoms with E-state index in [-0.39, 0.29) is 18.0 Å². The maximum Gasteiger partial charge on any atom is 0.169 e. The molecule has 1 heterocycles. The Morgan fingerprint density at radius 3 is 1.40 bits per heavy atom. The van der Waals surface area contributed by atoms with E-state index in [2.05, 4.69) is 55.2 Å². The molecule has 2 rings (SSSR count). The molecule has 0 aromatic carbocycles. The largest absolute Gasteiger partial charge is 0.344 e. The van der Waals surface area contributed by atoms with Gasteiger partial charge in [0.25, 0.3) is 0 Å². The molecular formula is C48H87NO3. The Labute approximate surface area is 324 Å². The highest BCUT2D eigenvalue weighted by molar-refractivity contribution is 5.78. The second-order valence-electron chi connectivity index (χ2n) is 16.9. The Morgan fingerprint density at radius 2 is 0.942 bits per heavy atom. The highest BCUT2D eigenvalue weighted by Gasteiger charge is 2.51. The SMILES string of the molecule is CCCCC/C=C\C/C=C\CCCCCCCCC1(CCCCCCCC/C=C\CCCCCCCC)O[C@H]2CC(CC(=O)CCN(C)C)C[C@H]2O1. The van der Waals surface area contributed by atoms with Crippen LogP contribution in [-0.4, -0.2) is 49.3 Å². The summed E-state index contributed by atoms with van der Waals surface area (Å²) < 4.78 is 13.7. The molecule has 0 radical (unpaired) electrons. The molecular weight excluding hydrogens is 639 g/mol. The zero-order chi connectivity index (χ0) is 37.4. The molecule has 0 spiro atoms. The van der Waals surface area contributed by atoms with E-state index >= 15 is 0 Å². The van der Waals surface area contributed by atoms with Gasteiger partial charge in [-0.15, -0.1) is 0 Å². The van der Waals surface area contributed by atoms with Gasteiger partial charge < -0.3 is 14.4 Å². The maximum absolute atomic E-state index is 12.6. The highest BCUT2D eigenvalue weighted by Crippen LogP contribution is 2.46. The number of carbonyl (C=O) groups excluding carboxylic acids is 1. The maximum atomic E-state index is 12.6. The van der Waals surface area contributed by atoms with Crippen LogP contribution in [0.4, 0.5) is 0 Å². The number of Topliss-reactive ketones (excluding diaryl/α,β-unsaturated/α-hetero) is 1. The summed E-state index contributed by atoms with van der Waals surface area (Å²) in [4.78, 5) is 14.7. The van der Waals surface area contributed by atoms with Crippen LogP contribution in [0.1, 0.15) is 219 Å². The molecule has 1 saturated carbocycles. The number of hydrogen-bond donors (Lipinski definition) is 0. The topological polar surface area (TPSA) is 38.8 Å². The number of fused-ring (bicyclic) bond motifs is 1. The smallest absolute Gasteiger partial charge is 0.169 e. The predicted octanol–water partition coefficient (Wildman–Crippen LogP) is 14.4. The molecule has 4 atom stereocenters. The molecule has 0 aromatic heterocycles. The summed E-state index contributed by atoms with van der Waals surface area (Å²) in [5, 5.41) is 0. The van der Waals surface area contributed by atoms with Gasteiger partial charge in [-0.2, -0.15) is 0 Å². The van der Waals surface area contributed by atoms with Crippen LogP contribution < -0.4 is 0 Å². The molecule has 1 aliphatic heterocycles. The van der Waals surface area contributed by atoms with Gasteiger partial charge in [0.2, 0.25) is 0 Å². The summed E-state index contributed by atoms with van der Waals surface area (Å²) in [6.45, 7) is 5.40. The lowest BCUT2D eigenvalue weighted by atomic mass is 9.97. The van der Waals surface area contributed by atoms with Crippen LogP contribution in [0.25, 0.3) is 0 Å². The molecule has 0 N–H and O–H groups in total. The second-order valence-corrected chi connectivity index (χ2v) is 16.9. The van der Waals surface area contributed by atoms with E-state index in [1.165, 1.54) is 161 Å². The molecule has 0 aromatic rings. The quantitative estimate of drug-likeness (QED) is 0.0476. The van der Waals surface area contributed by atoms with Crippen molar-refractivity contribution in [1.29, 1.82) is 0 Å². The fraction of sp³-hybridized carbons (Fsp3) is 0.854. The van der Waals surface area contributed by atoms with Crippen molar-refractivity contribution in [2.45, 2.75) is 237 Å². The van der Waals surface area contributed by atoms with Crippen molar-refractivity contribution in [3.63, 3.8) is 0 Å². The number of ketones is 1. The lowest BCUT2D eigenvalue weighted by molar-refractivity contribution is -0.193. The second kappa shape index (κ2) is 32.1. The zero-order valence-electron chi connectivity index (χ0n) is 35.2. The monoisotopic (exact) mass is 726 g/mol. The number of nitrogens with zero attached hydrogens (tertiary/aromatic N) is 1. The highest BCUT2D eigenvalue weighted by atomic mass is 16.8. The van der Waals surface area contributed by atoms with E-state index in [4.69, 9.17) is 9.47 Å². The van der Waals surface area contributed by atoms with Crippen molar-refractivity contribution < 1.29 is 14.3 Å². The minimum absolute atomic E-state index is 0.186. The minimum Gasteiger partial charge on any atom is -0.344 e. The van der Waals surface area contributed by atoms with Crippen LogP contribution >= 0.6 is 0 Å². The number of allylic oxidation sites excluding steroid dienone is 6. The summed E-state index contributed by atoms with van der Waals surface area (Å²) in [5.41, 5.74) is 0. The first-order valence-electron chi connectivity index (χ1n) is 22.9. The third kappa shape index (κ3) is 24.2. The molecule has 1 saturated heterocycles. The Bertz CT molecular complexity index is 909. The Morgan fingerprint density at radius 1 is 0.558 bits per heavy atom. The molecule has 302 valence electrons. The summed E-state index contributed by atoms with van der Waals surface area (Å²) in [5.74, 6) is 0.441. The molecule has 2 aliphatic rings. The van der Waals surface area contributed by atoms with Gasteiger partial charge in [-0.1, -0.05) is 147 Å². The van der Waals surface area contributed by atoms with E-state index in [9.17, 15) is 4.79 Å². The van der Waals surface area contributed by atoms with Gasteiger partial charge in [0.05, 0.1) is 12.2 Å². The van der Waals surface area contributed by atoms with Crippen LogP contribution in [-0.2, 0) is 14.3 Å². The molecule has 1 aliphatic carbocycles. The summed E-state index contributed by atoms with van der Waals surface area (Å²) in [6, 6.07) is 0. The minimum atomic E-state index is -0.384. The van der Waals surface area contributed by atoms with E-state index < -0.39 is 0 Å². The first kappa shape index (κ1) is 46.9. The number of ether oxygens (including phenoxy) is 2. The van der Waals surface area contributed by atoms with Gasteiger partial charge in [0.1, 0.15) is 5.78 Å². The van der Waals surface area contributed by atoms with Gasteiger partial charge in [-0.25, -0.2) is 0 Å². The first-order valence-corrected chi connectivity index (χ1v) is 22.9. The number of hydrogen-bond acceptors (Lipinski definition) is 4. The molecule has 0 bridgehead atoms. The van der Waals surface area contributed by atoms with Crippen molar-refractivity contribution in [1.82, 2.24) is 4.90 Å². The average Bonchev–Trinajstić information content (AvgIpc) is 3.65. The standard InChI is InChI=1S/C48H87NO3/c1-5-7-9-11-13-15-17-19-21-23-25-27-29-31-33-35-38-48(51-46-42-44(43-47(46)52-48)41-45(50)37-40-49(3)4)39-36-34-32-30-28-26-24-22-20-18-16-14-12-10-8-6-2/h13,15,19-22,44,46-47H,5-12,14,16-18,23-43H2,1-4H3/b15-13-,21-19-,22-20-/t44?,46-,47+,48?. The zero-order valence-corrected chi connectivity index (χ0v) is 35.2. The first-order chi connectivity index (χ1) is 25.5. The van der Waals surface area contributed by atoms with Crippen LogP contribution in [0.3, 0.4) is 0 Å². The van der Waals surface area contributed by atoms with E-state index in [1.807, 2.05) is 14.1 Å². The van der Waals surface area contributed by atoms with Gasteiger partial charge >= 0.3 is 0 Å². The van der Waals surface area contributed by atoms with E-state index in [1.54, 1.807) is 0 Å². The van der Waals surface area contributed by atoms with Gasteiger partial charge in [0.15, 0.2) is 5.79 Å². The van der Waals surface area contributed by atoms with Gasteiger partial charge in [0, 0.05) is 32.2 Å². The Hall–Kier alpha value is -1.23. The average molecular weight is 726 g/mol. The van der Waals surface area contributed by atoms with Crippen LogP contribution in [0, 0.1) is 5.92 Å². The van der Waals surface area contributed by atoms with E-state index in [0.717, 1.165) is 38.6 Å². The Kier molecular flexibility index (Phi) is 28.9.